The van der Waals surface area contributed by atoms with Crippen LogP contribution in [0.4, 0.5) is 4.39 Å². The molecule has 3 aromatic rings. The molecule has 2 N–H and O–H groups in total. The lowest BCUT2D eigenvalue weighted by atomic mass is 10.1. The Morgan fingerprint density at radius 3 is 2.67 bits per heavy atom. The number of carbonyl (C=O) groups is 1. The van der Waals surface area contributed by atoms with Gasteiger partial charge in [0, 0.05) is 30.4 Å². The summed E-state index contributed by atoms with van der Waals surface area (Å²) in [4.78, 5) is 19.5. The number of benzene rings is 2. The third kappa shape index (κ3) is 3.68. The summed E-state index contributed by atoms with van der Waals surface area (Å²) in [5, 5.41) is 2.72. The molecule has 0 aliphatic heterocycles. The lowest BCUT2D eigenvalue weighted by molar-refractivity contribution is 0.0950. The highest BCUT2D eigenvalue weighted by Crippen LogP contribution is 2.16. The molecule has 3 rings (SSSR count). The van der Waals surface area contributed by atoms with E-state index in [2.05, 4.69) is 15.3 Å². The number of amides is 1. The number of carbonyl (C=O) groups excluding carboxylic acids is 1. The minimum absolute atomic E-state index is 0.0578. The Morgan fingerprint density at radius 1 is 1.17 bits per heavy atom. The Hall–Kier alpha value is -2.95. The van der Waals surface area contributed by atoms with Gasteiger partial charge in [0.05, 0.1) is 5.56 Å². The van der Waals surface area contributed by atoms with E-state index >= 15 is 0 Å². The van der Waals surface area contributed by atoms with E-state index in [9.17, 15) is 9.18 Å². The summed E-state index contributed by atoms with van der Waals surface area (Å²) < 4.78 is 13.5. The number of nitrogens with zero attached hydrogens (tertiary/aromatic N) is 1. The number of halogens is 1. The van der Waals surface area contributed by atoms with E-state index in [0.29, 0.717) is 13.0 Å². The van der Waals surface area contributed by atoms with Crippen LogP contribution in [0.3, 0.4) is 0 Å². The number of rotatable bonds is 5. The third-order valence-electron chi connectivity index (χ3n) is 3.75. The van der Waals surface area contributed by atoms with Crippen molar-refractivity contribution in [2.45, 2.75) is 13.3 Å². The van der Waals surface area contributed by atoms with Crippen LogP contribution in [-0.4, -0.2) is 22.4 Å². The Morgan fingerprint density at radius 2 is 1.92 bits per heavy atom. The Labute approximate surface area is 139 Å². The Balaban J connectivity index is 1.57. The van der Waals surface area contributed by atoms with E-state index in [0.717, 1.165) is 17.1 Å². The van der Waals surface area contributed by atoms with Gasteiger partial charge in [-0.2, -0.15) is 0 Å². The first-order valence-corrected chi connectivity index (χ1v) is 7.77. The number of aromatic amines is 1. The molecule has 0 aliphatic rings. The highest BCUT2D eigenvalue weighted by atomic mass is 19.1. The summed E-state index contributed by atoms with van der Waals surface area (Å²) >= 11 is 0. The normalized spacial score (nSPS) is 10.6. The average molecular weight is 323 g/mol. The zero-order valence-electron chi connectivity index (χ0n) is 13.3. The van der Waals surface area contributed by atoms with E-state index < -0.39 is 11.7 Å². The number of hydrogen-bond donors (Lipinski definition) is 2. The molecule has 1 amide bonds. The zero-order valence-corrected chi connectivity index (χ0v) is 13.3. The SMILES string of the molecule is Cc1ccc(-c2ncc(CCNC(=O)c3ccccc3F)[nH]2)cc1. The minimum atomic E-state index is -0.516. The molecule has 0 radical (unpaired) electrons. The number of imidazole rings is 1. The average Bonchev–Trinajstić information content (AvgIpc) is 3.04. The predicted molar refractivity (Wildman–Crippen MR) is 91.2 cm³/mol. The van der Waals surface area contributed by atoms with Gasteiger partial charge >= 0.3 is 0 Å². The number of nitrogens with one attached hydrogen (secondary N) is 2. The van der Waals surface area contributed by atoms with E-state index in [4.69, 9.17) is 0 Å². The Kier molecular flexibility index (Phi) is 4.70. The maximum Gasteiger partial charge on any atom is 0.254 e. The van der Waals surface area contributed by atoms with Gasteiger partial charge in [0.2, 0.25) is 0 Å². The molecule has 4 nitrogen and oxygen atoms in total. The molecule has 0 saturated carbocycles. The van der Waals surface area contributed by atoms with E-state index in [-0.39, 0.29) is 5.56 Å². The maximum absolute atomic E-state index is 13.5. The van der Waals surface area contributed by atoms with Gasteiger partial charge in [-0.05, 0) is 19.1 Å². The van der Waals surface area contributed by atoms with Crippen LogP contribution in [0.15, 0.2) is 54.7 Å². The van der Waals surface area contributed by atoms with Crippen LogP contribution < -0.4 is 5.32 Å². The van der Waals surface area contributed by atoms with E-state index in [1.807, 2.05) is 31.2 Å². The molecule has 24 heavy (non-hydrogen) atoms. The van der Waals surface area contributed by atoms with E-state index in [1.165, 1.54) is 17.7 Å². The molecule has 0 spiro atoms. The first-order chi connectivity index (χ1) is 11.6. The standard InChI is InChI=1S/C19H18FN3O/c1-13-6-8-14(9-7-13)18-22-12-15(23-18)10-11-21-19(24)16-4-2-3-5-17(16)20/h2-9,12H,10-11H2,1H3,(H,21,24)(H,22,23). The minimum Gasteiger partial charge on any atom is -0.352 e. The van der Waals surface area contributed by atoms with Gasteiger partial charge in [0.15, 0.2) is 0 Å². The van der Waals surface area contributed by atoms with Gasteiger partial charge in [-0.3, -0.25) is 4.79 Å². The van der Waals surface area contributed by atoms with Crippen LogP contribution in [0.2, 0.25) is 0 Å². The fourth-order valence-electron chi connectivity index (χ4n) is 2.40. The highest BCUT2D eigenvalue weighted by Gasteiger charge is 2.10. The van der Waals surface area contributed by atoms with Gasteiger partial charge in [0.25, 0.3) is 5.91 Å². The van der Waals surface area contributed by atoms with Crippen LogP contribution in [0.1, 0.15) is 21.6 Å². The molecule has 1 heterocycles. The second-order valence-corrected chi connectivity index (χ2v) is 5.61. The van der Waals surface area contributed by atoms with Crippen LogP contribution in [0.5, 0.6) is 0 Å². The number of H-pyrrole nitrogens is 1. The molecule has 0 bridgehead atoms. The molecule has 0 aliphatic carbocycles. The van der Waals surface area contributed by atoms with Crippen molar-refractivity contribution >= 4 is 5.91 Å². The van der Waals surface area contributed by atoms with Crippen LogP contribution in [0.25, 0.3) is 11.4 Å². The van der Waals surface area contributed by atoms with Crippen molar-refractivity contribution in [1.29, 1.82) is 0 Å². The zero-order chi connectivity index (χ0) is 16.9. The van der Waals surface area contributed by atoms with Crippen LogP contribution in [-0.2, 0) is 6.42 Å². The smallest absolute Gasteiger partial charge is 0.254 e. The molecular formula is C19H18FN3O. The summed E-state index contributed by atoms with van der Waals surface area (Å²) in [5.74, 6) is -0.130. The first kappa shape index (κ1) is 15.9. The highest BCUT2D eigenvalue weighted by molar-refractivity contribution is 5.94. The van der Waals surface area contributed by atoms with Gasteiger partial charge in [-0.25, -0.2) is 9.37 Å². The molecule has 0 fully saturated rings. The van der Waals surface area contributed by atoms with Gasteiger partial charge in [-0.15, -0.1) is 0 Å². The first-order valence-electron chi connectivity index (χ1n) is 7.77. The summed E-state index contributed by atoms with van der Waals surface area (Å²) in [6.45, 7) is 2.44. The van der Waals surface area contributed by atoms with Crippen molar-refractivity contribution in [2.75, 3.05) is 6.54 Å². The van der Waals surface area contributed by atoms with Crippen molar-refractivity contribution in [3.8, 4) is 11.4 Å². The van der Waals surface area contributed by atoms with Crippen LogP contribution in [0, 0.1) is 12.7 Å². The second-order valence-electron chi connectivity index (χ2n) is 5.61. The van der Waals surface area contributed by atoms with Crippen LogP contribution >= 0.6 is 0 Å². The van der Waals surface area contributed by atoms with Gasteiger partial charge < -0.3 is 10.3 Å². The summed E-state index contributed by atoms with van der Waals surface area (Å²) in [6, 6.07) is 14.0. The summed E-state index contributed by atoms with van der Waals surface area (Å²) in [6.07, 6.45) is 2.35. The fourth-order valence-corrected chi connectivity index (χ4v) is 2.40. The van der Waals surface area contributed by atoms with Crippen molar-refractivity contribution in [3.63, 3.8) is 0 Å². The molecule has 1 aromatic heterocycles. The second kappa shape index (κ2) is 7.08. The third-order valence-corrected chi connectivity index (χ3v) is 3.75. The van der Waals surface area contributed by atoms with Crippen molar-refractivity contribution in [3.05, 3.63) is 77.4 Å². The van der Waals surface area contributed by atoms with Crippen molar-refractivity contribution in [1.82, 2.24) is 15.3 Å². The molecule has 5 heteroatoms. The summed E-state index contributed by atoms with van der Waals surface area (Å²) in [7, 11) is 0. The summed E-state index contributed by atoms with van der Waals surface area (Å²) in [5.41, 5.74) is 3.19. The molecule has 0 unspecified atom stereocenters. The molecule has 122 valence electrons. The maximum atomic E-state index is 13.5. The predicted octanol–water partition coefficient (Wildman–Crippen LogP) is 3.50. The Bertz CT molecular complexity index is 840. The topological polar surface area (TPSA) is 57.8 Å². The molecular weight excluding hydrogens is 305 g/mol. The largest absolute Gasteiger partial charge is 0.352 e. The molecule has 2 aromatic carbocycles. The lowest BCUT2D eigenvalue weighted by Crippen LogP contribution is -2.26. The van der Waals surface area contributed by atoms with Crippen molar-refractivity contribution in [2.24, 2.45) is 0 Å². The number of hydrogen-bond acceptors (Lipinski definition) is 2. The quantitative estimate of drug-likeness (QED) is 0.755. The fraction of sp³-hybridized carbons (Fsp3) is 0.158. The molecule has 0 saturated heterocycles. The van der Waals surface area contributed by atoms with Crippen molar-refractivity contribution < 1.29 is 9.18 Å². The van der Waals surface area contributed by atoms with Gasteiger partial charge in [0.1, 0.15) is 11.6 Å². The number of aromatic nitrogens is 2. The van der Waals surface area contributed by atoms with Gasteiger partial charge in [-0.1, -0.05) is 42.0 Å². The number of aryl methyl sites for hydroxylation is 1. The lowest BCUT2D eigenvalue weighted by Gasteiger charge is -2.05. The molecule has 0 atom stereocenters. The monoisotopic (exact) mass is 323 g/mol. The van der Waals surface area contributed by atoms with E-state index in [1.54, 1.807) is 18.3 Å².